The largest absolute Gasteiger partial charge is 0.456 e. The highest BCUT2D eigenvalue weighted by atomic mass is 35.5. The number of halogens is 1. The van der Waals surface area contributed by atoms with Crippen LogP contribution in [0, 0.1) is 0 Å². The number of anilines is 1. The summed E-state index contributed by atoms with van der Waals surface area (Å²) in [6.07, 6.45) is 1.04. The zero-order valence-corrected chi connectivity index (χ0v) is 13.9. The van der Waals surface area contributed by atoms with Gasteiger partial charge in [-0.15, -0.1) is 0 Å². The molecule has 0 aromatic heterocycles. The molecule has 0 atom stereocenters. The van der Waals surface area contributed by atoms with Gasteiger partial charge in [0.2, 0.25) is 5.91 Å². The Morgan fingerprint density at radius 3 is 2.46 bits per heavy atom. The van der Waals surface area contributed by atoms with Gasteiger partial charge >= 0.3 is 0 Å². The quantitative estimate of drug-likeness (QED) is 0.887. The molecule has 1 amide bonds. The number of amides is 1. The molecule has 1 saturated heterocycles. The van der Waals surface area contributed by atoms with Crippen molar-refractivity contribution < 1.29 is 14.3 Å². The minimum absolute atomic E-state index is 0.189. The van der Waals surface area contributed by atoms with E-state index in [1.165, 1.54) is 0 Å². The van der Waals surface area contributed by atoms with Gasteiger partial charge < -0.3 is 20.5 Å². The number of para-hydroxylation sites is 1. The van der Waals surface area contributed by atoms with Gasteiger partial charge in [0.25, 0.3) is 0 Å². The second-order valence-electron chi connectivity index (χ2n) is 5.78. The summed E-state index contributed by atoms with van der Waals surface area (Å²) in [4.78, 5) is 12.4. The van der Waals surface area contributed by atoms with Crippen LogP contribution in [0.4, 0.5) is 5.69 Å². The molecule has 24 heavy (non-hydrogen) atoms. The fraction of sp³-hybridized carbons (Fsp3) is 0.278. The van der Waals surface area contributed by atoms with E-state index >= 15 is 0 Å². The first-order valence-corrected chi connectivity index (χ1v) is 8.15. The summed E-state index contributed by atoms with van der Waals surface area (Å²) in [5.74, 6) is 1.03. The predicted octanol–water partition coefficient (Wildman–Crippen LogP) is 3.58. The number of benzene rings is 2. The van der Waals surface area contributed by atoms with Gasteiger partial charge in [0.05, 0.1) is 5.02 Å². The third-order valence-corrected chi connectivity index (χ3v) is 4.33. The molecule has 0 unspecified atom stereocenters. The van der Waals surface area contributed by atoms with Gasteiger partial charge in [-0.2, -0.15) is 0 Å². The smallest absolute Gasteiger partial charge is 0.244 e. The molecule has 3 N–H and O–H groups in total. The normalized spacial score (nSPS) is 16.4. The second kappa shape index (κ2) is 7.21. The van der Waals surface area contributed by atoms with Crippen molar-refractivity contribution in [3.05, 3.63) is 53.6 Å². The number of hydrogen-bond donors (Lipinski definition) is 2. The summed E-state index contributed by atoms with van der Waals surface area (Å²) in [5, 5.41) is 3.39. The van der Waals surface area contributed by atoms with Crippen molar-refractivity contribution in [1.82, 2.24) is 0 Å². The molecule has 1 heterocycles. The lowest BCUT2D eigenvalue weighted by atomic mass is 9.90. The maximum atomic E-state index is 12.4. The molecule has 5 nitrogen and oxygen atoms in total. The third-order valence-electron chi connectivity index (χ3n) is 4.01. The lowest BCUT2D eigenvalue weighted by Crippen LogP contribution is -2.54. The molecule has 3 rings (SSSR count). The number of ether oxygens (including phenoxy) is 2. The van der Waals surface area contributed by atoms with E-state index in [4.69, 9.17) is 26.8 Å². The standard InChI is InChI=1S/C18H19ClN2O3/c19-15-3-1-2-4-16(15)24-14-7-5-13(6-8-14)21-17(22)18(20)9-11-23-12-10-18/h1-8H,9-12,20H2,(H,21,22). The summed E-state index contributed by atoms with van der Waals surface area (Å²) < 4.78 is 11.0. The first-order chi connectivity index (χ1) is 11.6. The van der Waals surface area contributed by atoms with E-state index in [9.17, 15) is 4.79 Å². The molecule has 0 aliphatic carbocycles. The Balaban J connectivity index is 1.64. The lowest BCUT2D eigenvalue weighted by molar-refractivity contribution is -0.124. The van der Waals surface area contributed by atoms with Crippen LogP contribution in [0.2, 0.25) is 5.02 Å². The zero-order chi connectivity index (χ0) is 17.0. The molecule has 1 fully saturated rings. The van der Waals surface area contributed by atoms with Gasteiger partial charge in [-0.3, -0.25) is 4.79 Å². The van der Waals surface area contributed by atoms with Crippen LogP contribution in [0.25, 0.3) is 0 Å². The van der Waals surface area contributed by atoms with E-state index in [1.807, 2.05) is 12.1 Å². The van der Waals surface area contributed by atoms with E-state index in [0.717, 1.165) is 0 Å². The van der Waals surface area contributed by atoms with Crippen molar-refractivity contribution in [3.8, 4) is 11.5 Å². The van der Waals surface area contributed by atoms with Crippen LogP contribution in [0.15, 0.2) is 48.5 Å². The predicted molar refractivity (Wildman–Crippen MR) is 93.6 cm³/mol. The Bertz CT molecular complexity index is 712. The number of carbonyl (C=O) groups is 1. The van der Waals surface area contributed by atoms with E-state index in [1.54, 1.807) is 36.4 Å². The van der Waals surface area contributed by atoms with Crippen LogP contribution < -0.4 is 15.8 Å². The second-order valence-corrected chi connectivity index (χ2v) is 6.19. The number of carbonyl (C=O) groups excluding carboxylic acids is 1. The van der Waals surface area contributed by atoms with E-state index < -0.39 is 5.54 Å². The minimum atomic E-state index is -0.870. The topological polar surface area (TPSA) is 73.6 Å². The number of nitrogens with one attached hydrogen (secondary N) is 1. The maximum absolute atomic E-state index is 12.4. The number of rotatable bonds is 4. The summed E-state index contributed by atoms with van der Waals surface area (Å²) in [6, 6.07) is 14.3. The van der Waals surface area contributed by atoms with Gasteiger partial charge in [-0.1, -0.05) is 23.7 Å². The average molecular weight is 347 g/mol. The molecule has 6 heteroatoms. The fourth-order valence-corrected chi connectivity index (χ4v) is 2.65. The first-order valence-electron chi connectivity index (χ1n) is 7.77. The summed E-state index contributed by atoms with van der Waals surface area (Å²) in [5.41, 5.74) is 5.97. The van der Waals surface area contributed by atoms with Crippen LogP contribution in [-0.4, -0.2) is 24.7 Å². The highest BCUT2D eigenvalue weighted by molar-refractivity contribution is 6.32. The molecular weight excluding hydrogens is 328 g/mol. The van der Waals surface area contributed by atoms with Crippen LogP contribution in [0.5, 0.6) is 11.5 Å². The average Bonchev–Trinajstić information content (AvgIpc) is 2.59. The van der Waals surface area contributed by atoms with Crippen LogP contribution in [-0.2, 0) is 9.53 Å². The van der Waals surface area contributed by atoms with Crippen molar-refractivity contribution in [2.24, 2.45) is 5.73 Å². The Kier molecular flexibility index (Phi) is 5.04. The molecular formula is C18H19ClN2O3. The van der Waals surface area contributed by atoms with Crippen molar-refractivity contribution in [1.29, 1.82) is 0 Å². The summed E-state index contributed by atoms with van der Waals surface area (Å²) in [6.45, 7) is 1.02. The Labute approximate surface area is 145 Å². The summed E-state index contributed by atoms with van der Waals surface area (Å²) >= 11 is 6.07. The molecule has 126 valence electrons. The Morgan fingerprint density at radius 1 is 1.12 bits per heavy atom. The molecule has 0 spiro atoms. The first kappa shape index (κ1) is 16.8. The van der Waals surface area contributed by atoms with E-state index in [2.05, 4.69) is 5.32 Å². The van der Waals surface area contributed by atoms with Gasteiger partial charge in [0.15, 0.2) is 0 Å². The highest BCUT2D eigenvalue weighted by Gasteiger charge is 2.35. The molecule has 0 saturated carbocycles. The molecule has 1 aliphatic heterocycles. The molecule has 2 aromatic rings. The zero-order valence-electron chi connectivity index (χ0n) is 13.1. The molecule has 2 aromatic carbocycles. The van der Waals surface area contributed by atoms with E-state index in [-0.39, 0.29) is 5.91 Å². The van der Waals surface area contributed by atoms with Gasteiger partial charge in [0.1, 0.15) is 17.0 Å². The fourth-order valence-electron chi connectivity index (χ4n) is 2.48. The van der Waals surface area contributed by atoms with Gasteiger partial charge in [-0.05, 0) is 49.2 Å². The molecule has 1 aliphatic rings. The molecule has 0 radical (unpaired) electrons. The maximum Gasteiger partial charge on any atom is 0.244 e. The van der Waals surface area contributed by atoms with Crippen LogP contribution >= 0.6 is 11.6 Å². The minimum Gasteiger partial charge on any atom is -0.456 e. The van der Waals surface area contributed by atoms with Crippen molar-refractivity contribution in [2.75, 3.05) is 18.5 Å². The molecule has 0 bridgehead atoms. The lowest BCUT2D eigenvalue weighted by Gasteiger charge is -2.31. The van der Waals surface area contributed by atoms with E-state index in [0.29, 0.717) is 48.3 Å². The SMILES string of the molecule is NC1(C(=O)Nc2ccc(Oc3ccccc3Cl)cc2)CCOCC1. The van der Waals surface area contributed by atoms with Gasteiger partial charge in [0, 0.05) is 18.9 Å². The highest BCUT2D eigenvalue weighted by Crippen LogP contribution is 2.29. The third kappa shape index (κ3) is 3.87. The monoisotopic (exact) mass is 346 g/mol. The van der Waals surface area contributed by atoms with Crippen molar-refractivity contribution in [2.45, 2.75) is 18.4 Å². The number of hydrogen-bond acceptors (Lipinski definition) is 4. The number of nitrogens with two attached hydrogens (primary N) is 1. The van der Waals surface area contributed by atoms with Crippen molar-refractivity contribution >= 4 is 23.2 Å². The Hall–Kier alpha value is -2.08. The Morgan fingerprint density at radius 2 is 1.79 bits per heavy atom. The van der Waals surface area contributed by atoms with Crippen LogP contribution in [0.3, 0.4) is 0 Å². The van der Waals surface area contributed by atoms with Crippen molar-refractivity contribution in [3.63, 3.8) is 0 Å². The van der Waals surface area contributed by atoms with Crippen LogP contribution in [0.1, 0.15) is 12.8 Å². The van der Waals surface area contributed by atoms with Gasteiger partial charge in [-0.25, -0.2) is 0 Å². The summed E-state index contributed by atoms with van der Waals surface area (Å²) in [7, 11) is 0.